The Labute approximate surface area is 259 Å². The zero-order valence-electron chi connectivity index (χ0n) is 26.0. The summed E-state index contributed by atoms with van der Waals surface area (Å²) in [5, 5.41) is 9.07. The first-order valence-corrected chi connectivity index (χ1v) is 15.7. The number of benzene rings is 1. The highest BCUT2D eigenvalue weighted by molar-refractivity contribution is 5.92. The van der Waals surface area contributed by atoms with Crippen LogP contribution in [0.25, 0.3) is 16.8 Å². The van der Waals surface area contributed by atoms with Gasteiger partial charge in [-0.25, -0.2) is 5.43 Å². The van der Waals surface area contributed by atoms with Crippen molar-refractivity contribution in [3.05, 3.63) is 60.5 Å². The van der Waals surface area contributed by atoms with Crippen LogP contribution in [0.15, 0.2) is 49.2 Å². The van der Waals surface area contributed by atoms with E-state index in [1.54, 1.807) is 31.3 Å². The molecule has 10 nitrogen and oxygen atoms in total. The lowest BCUT2D eigenvalue weighted by atomic mass is 9.83. The average Bonchev–Trinajstić information content (AvgIpc) is 3.05. The summed E-state index contributed by atoms with van der Waals surface area (Å²) < 4.78 is 5.81. The Hall–Kier alpha value is -4.05. The zero-order chi connectivity index (χ0) is 31.6. The second kappa shape index (κ2) is 15.6. The third kappa shape index (κ3) is 8.53. The van der Waals surface area contributed by atoms with Crippen LogP contribution in [0, 0.1) is 5.92 Å². The van der Waals surface area contributed by atoms with Crippen LogP contribution in [-0.4, -0.2) is 58.4 Å². The molecule has 0 radical (unpaired) electrons. The summed E-state index contributed by atoms with van der Waals surface area (Å²) >= 11 is 0. The Morgan fingerprint density at radius 3 is 2.57 bits per heavy atom. The number of ether oxygens (including phenoxy) is 1. The Morgan fingerprint density at radius 2 is 1.84 bits per heavy atom. The van der Waals surface area contributed by atoms with Crippen molar-refractivity contribution < 1.29 is 23.9 Å². The minimum absolute atomic E-state index is 0.0261. The number of hydrogen-bond acceptors (Lipinski definition) is 7. The van der Waals surface area contributed by atoms with Crippen LogP contribution in [0.2, 0.25) is 0 Å². The smallest absolute Gasteiger partial charge is 0.325 e. The molecular weight excluding hydrogens is 558 g/mol. The fraction of sp³-hybridized carbons (Fsp3) is 0.500. The van der Waals surface area contributed by atoms with Gasteiger partial charge in [-0.15, -0.1) is 0 Å². The van der Waals surface area contributed by atoms with Crippen LogP contribution in [0.4, 0.5) is 0 Å². The summed E-state index contributed by atoms with van der Waals surface area (Å²) in [6, 6.07) is 5.51. The largest absolute Gasteiger partial charge is 0.457 e. The molecule has 4 rings (SSSR count). The fourth-order valence-electron chi connectivity index (χ4n) is 5.90. The van der Waals surface area contributed by atoms with Gasteiger partial charge in [-0.2, -0.15) is 0 Å². The highest BCUT2D eigenvalue weighted by Crippen LogP contribution is 2.27. The van der Waals surface area contributed by atoms with Crippen LogP contribution in [0.1, 0.15) is 89.5 Å². The van der Waals surface area contributed by atoms with Crippen LogP contribution < -0.4 is 16.1 Å². The number of hydrogen-bond donors (Lipinski definition) is 3. The average molecular weight is 604 g/mol. The zero-order valence-corrected chi connectivity index (χ0v) is 26.0. The minimum atomic E-state index is -0.852. The Balaban J connectivity index is 1.34. The van der Waals surface area contributed by atoms with Gasteiger partial charge in [0, 0.05) is 24.5 Å². The summed E-state index contributed by atoms with van der Waals surface area (Å²) in [5.74, 6) is -1.36. The molecule has 3 amide bonds. The van der Waals surface area contributed by atoms with Gasteiger partial charge in [0.25, 0.3) is 5.91 Å². The molecule has 1 aliphatic heterocycles. The molecule has 10 heteroatoms. The highest BCUT2D eigenvalue weighted by atomic mass is 16.5. The van der Waals surface area contributed by atoms with Gasteiger partial charge in [-0.3, -0.25) is 29.2 Å². The van der Waals surface area contributed by atoms with Gasteiger partial charge in [-0.05, 0) is 81.5 Å². The van der Waals surface area contributed by atoms with Crippen molar-refractivity contribution in [2.45, 2.75) is 96.4 Å². The molecule has 1 saturated heterocycles. The van der Waals surface area contributed by atoms with Gasteiger partial charge in [0.15, 0.2) is 0 Å². The third-order valence-corrected chi connectivity index (χ3v) is 8.46. The number of hydrazine groups is 1. The number of allylic oxidation sites excluding steroid dienone is 1. The predicted molar refractivity (Wildman–Crippen MR) is 170 cm³/mol. The number of carbonyl (C=O) groups excluding carboxylic acids is 4. The minimum Gasteiger partial charge on any atom is -0.457 e. The van der Waals surface area contributed by atoms with E-state index in [0.29, 0.717) is 19.4 Å². The van der Waals surface area contributed by atoms with Crippen molar-refractivity contribution in [3.63, 3.8) is 0 Å². The van der Waals surface area contributed by atoms with E-state index in [0.717, 1.165) is 54.1 Å². The number of amides is 3. The van der Waals surface area contributed by atoms with Gasteiger partial charge in [0.2, 0.25) is 11.8 Å². The first-order chi connectivity index (χ1) is 21.2. The van der Waals surface area contributed by atoms with Gasteiger partial charge < -0.3 is 15.4 Å². The monoisotopic (exact) mass is 603 g/mol. The third-order valence-electron chi connectivity index (χ3n) is 8.46. The molecule has 2 aliphatic rings. The van der Waals surface area contributed by atoms with E-state index in [4.69, 9.17) is 4.74 Å². The predicted octanol–water partition coefficient (Wildman–Crippen LogP) is 4.51. The highest BCUT2D eigenvalue weighted by Gasteiger charge is 2.35. The van der Waals surface area contributed by atoms with Gasteiger partial charge in [0.1, 0.15) is 24.2 Å². The molecule has 3 N–H and O–H groups in total. The summed E-state index contributed by atoms with van der Waals surface area (Å²) in [7, 11) is 0. The van der Waals surface area contributed by atoms with E-state index in [9.17, 15) is 19.2 Å². The number of aromatic nitrogens is 1. The molecule has 1 aliphatic carbocycles. The lowest BCUT2D eigenvalue weighted by Gasteiger charge is -2.35. The van der Waals surface area contributed by atoms with Crippen LogP contribution >= 0.6 is 0 Å². The van der Waals surface area contributed by atoms with E-state index < -0.39 is 30.2 Å². The van der Waals surface area contributed by atoms with E-state index >= 15 is 0 Å². The Kier molecular flexibility index (Phi) is 11.7. The van der Waals surface area contributed by atoms with Crippen LogP contribution in [0.3, 0.4) is 0 Å². The van der Waals surface area contributed by atoms with Crippen molar-refractivity contribution in [1.29, 1.82) is 0 Å². The SMILES string of the molecule is C=Cc1cc2cc([C@@H](C)OC(=O)[C@@H]3CCCN(C(=O)[C@H](C)NC(=O)[C@@H](NC(=O)C/C=C/C)C4CCCCC4)N3)ccc2cn1. The van der Waals surface area contributed by atoms with Crippen LogP contribution in [0.5, 0.6) is 0 Å². The molecule has 1 aromatic heterocycles. The van der Waals surface area contributed by atoms with Crippen molar-refractivity contribution in [2.75, 3.05) is 6.54 Å². The topological polar surface area (TPSA) is 130 Å². The summed E-state index contributed by atoms with van der Waals surface area (Å²) in [4.78, 5) is 56.7. The first kappa shape index (κ1) is 32.9. The number of carbonyl (C=O) groups is 4. The van der Waals surface area contributed by atoms with Gasteiger partial charge >= 0.3 is 5.97 Å². The van der Waals surface area contributed by atoms with Crippen molar-refractivity contribution in [3.8, 4) is 0 Å². The summed E-state index contributed by atoms with van der Waals surface area (Å²) in [5.41, 5.74) is 4.63. The second-order valence-corrected chi connectivity index (χ2v) is 11.8. The van der Waals surface area contributed by atoms with Gasteiger partial charge in [-0.1, -0.05) is 50.1 Å². The molecule has 2 aromatic rings. The lowest BCUT2D eigenvalue weighted by Crippen LogP contribution is -2.61. The van der Waals surface area contributed by atoms with Crippen molar-refractivity contribution in [1.82, 2.24) is 26.1 Å². The normalized spacial score (nSPS) is 19.6. The van der Waals surface area contributed by atoms with E-state index in [1.165, 1.54) is 5.01 Å². The maximum Gasteiger partial charge on any atom is 0.325 e. The summed E-state index contributed by atoms with van der Waals surface area (Å²) in [6.45, 7) is 9.45. The Bertz CT molecular complexity index is 1390. The number of fused-ring (bicyclic) bond motifs is 1. The molecule has 2 fully saturated rings. The number of pyridine rings is 1. The quantitative estimate of drug-likeness (QED) is 0.255. The van der Waals surface area contributed by atoms with Crippen molar-refractivity contribution in [2.24, 2.45) is 5.92 Å². The van der Waals surface area contributed by atoms with Crippen molar-refractivity contribution >= 4 is 40.5 Å². The van der Waals surface area contributed by atoms with Gasteiger partial charge in [0.05, 0.1) is 5.69 Å². The standard InChI is InChI=1S/C34H45N5O5/c1-5-7-15-30(40)37-31(24-12-9-8-10-13-24)32(41)36-22(3)33(42)39-18-11-14-29(38-39)34(43)44-23(4)25-16-17-26-21-35-28(6-2)20-27(26)19-25/h5-7,16-17,19-24,29,31,38H,2,8-15,18H2,1,3-4H3,(H,36,41)(H,37,40)/b7-5+/t22-,23+,29-,31-/m0/s1. The number of nitrogens with zero attached hydrogens (tertiary/aromatic N) is 2. The second-order valence-electron chi connectivity index (χ2n) is 11.8. The molecule has 0 spiro atoms. The first-order valence-electron chi connectivity index (χ1n) is 15.7. The molecule has 0 unspecified atom stereocenters. The fourth-order valence-corrected chi connectivity index (χ4v) is 5.90. The molecule has 0 bridgehead atoms. The molecule has 44 heavy (non-hydrogen) atoms. The molecule has 4 atom stereocenters. The molecular formula is C34H45N5O5. The molecule has 2 heterocycles. The van der Waals surface area contributed by atoms with E-state index in [2.05, 4.69) is 27.6 Å². The summed E-state index contributed by atoms with van der Waals surface area (Å²) in [6.07, 6.45) is 12.7. The van der Waals surface area contributed by atoms with Crippen LogP contribution in [-0.2, 0) is 23.9 Å². The number of esters is 1. The number of nitrogens with one attached hydrogen (secondary N) is 3. The Morgan fingerprint density at radius 1 is 1.07 bits per heavy atom. The van der Waals surface area contributed by atoms with E-state index in [1.807, 2.05) is 38.1 Å². The molecule has 1 aromatic carbocycles. The maximum atomic E-state index is 13.4. The molecule has 1 saturated carbocycles. The maximum absolute atomic E-state index is 13.4. The number of rotatable bonds is 11. The molecule has 236 valence electrons. The van der Waals surface area contributed by atoms with E-state index in [-0.39, 0.29) is 30.1 Å². The lowest BCUT2D eigenvalue weighted by molar-refractivity contribution is -0.157.